The zero-order valence-electron chi connectivity index (χ0n) is 25.8. The van der Waals surface area contributed by atoms with Crippen LogP contribution in [0.15, 0.2) is 48.5 Å². The standard InChI is InChI=1S/C17H28N2O3.C14H22N2O2/c1-13(2)22-11-10-21-12-14(3)18-17(20)15-6-8-16(9-7-15)19(4)5;1-5-18-10-11(2)15-14(17)12-6-8-13(9-7-12)16(3)4/h6-9,13-14H,10-12H2,1-5H3,(H,18,20);6-9,11H,5,10H2,1-4H3,(H,15,17). The molecule has 0 saturated heterocycles. The van der Waals surface area contributed by atoms with E-state index in [2.05, 4.69) is 10.6 Å². The highest BCUT2D eigenvalue weighted by Gasteiger charge is 2.11. The second-order valence-electron chi connectivity index (χ2n) is 10.3. The van der Waals surface area contributed by atoms with Gasteiger partial charge in [0, 0.05) is 69.4 Å². The van der Waals surface area contributed by atoms with E-state index in [0.29, 0.717) is 44.2 Å². The van der Waals surface area contributed by atoms with Crippen molar-refractivity contribution in [2.45, 2.75) is 52.8 Å². The summed E-state index contributed by atoms with van der Waals surface area (Å²) in [6.45, 7) is 12.6. The minimum atomic E-state index is -0.0835. The Morgan fingerprint density at radius 2 is 1.07 bits per heavy atom. The van der Waals surface area contributed by atoms with E-state index < -0.39 is 0 Å². The van der Waals surface area contributed by atoms with Gasteiger partial charge in [-0.15, -0.1) is 0 Å². The summed E-state index contributed by atoms with van der Waals surface area (Å²) in [6.07, 6.45) is 0.214. The predicted molar refractivity (Wildman–Crippen MR) is 164 cm³/mol. The van der Waals surface area contributed by atoms with Crippen LogP contribution in [0.3, 0.4) is 0 Å². The summed E-state index contributed by atoms with van der Waals surface area (Å²) < 4.78 is 16.1. The lowest BCUT2D eigenvalue weighted by molar-refractivity contribution is 0.0151. The Kier molecular flexibility index (Phi) is 16.6. The fraction of sp³-hybridized carbons (Fsp3) is 0.548. The SMILES string of the molecule is CC(COCCOC(C)C)NC(=O)c1ccc(N(C)C)cc1.CCOCC(C)NC(=O)c1ccc(N(C)C)cc1. The maximum Gasteiger partial charge on any atom is 0.251 e. The lowest BCUT2D eigenvalue weighted by atomic mass is 10.2. The van der Waals surface area contributed by atoms with Crippen LogP contribution in [0.1, 0.15) is 55.3 Å². The number of amides is 2. The van der Waals surface area contributed by atoms with Crippen LogP contribution >= 0.6 is 0 Å². The van der Waals surface area contributed by atoms with Gasteiger partial charge in [0.1, 0.15) is 0 Å². The molecule has 224 valence electrons. The van der Waals surface area contributed by atoms with Gasteiger partial charge in [0.15, 0.2) is 0 Å². The van der Waals surface area contributed by atoms with Crippen molar-refractivity contribution in [3.8, 4) is 0 Å². The molecule has 2 unspecified atom stereocenters. The molecule has 0 aliphatic carbocycles. The zero-order valence-corrected chi connectivity index (χ0v) is 25.8. The summed E-state index contributed by atoms with van der Waals surface area (Å²) in [7, 11) is 7.88. The fourth-order valence-electron chi connectivity index (χ4n) is 3.42. The summed E-state index contributed by atoms with van der Waals surface area (Å²) in [5.41, 5.74) is 3.47. The number of rotatable bonds is 15. The number of ether oxygens (including phenoxy) is 3. The minimum absolute atomic E-state index is 0.0194. The summed E-state index contributed by atoms with van der Waals surface area (Å²) in [5.74, 6) is -0.146. The van der Waals surface area contributed by atoms with Crippen LogP contribution in [0.4, 0.5) is 11.4 Å². The third-order valence-electron chi connectivity index (χ3n) is 5.67. The Bertz CT molecular complexity index is 978. The molecule has 0 heterocycles. The van der Waals surface area contributed by atoms with Gasteiger partial charge < -0.3 is 34.6 Å². The summed E-state index contributed by atoms with van der Waals surface area (Å²) in [6, 6.07) is 15.0. The molecule has 0 fully saturated rings. The Labute approximate surface area is 241 Å². The summed E-state index contributed by atoms with van der Waals surface area (Å²) in [5, 5.41) is 5.83. The average molecular weight is 559 g/mol. The Hall–Kier alpha value is -3.14. The molecule has 0 saturated carbocycles. The number of anilines is 2. The van der Waals surface area contributed by atoms with Crippen molar-refractivity contribution in [1.82, 2.24) is 10.6 Å². The van der Waals surface area contributed by atoms with Crippen LogP contribution in [0.2, 0.25) is 0 Å². The number of carbonyl (C=O) groups is 2. The molecule has 0 aromatic heterocycles. The van der Waals surface area contributed by atoms with Crippen molar-refractivity contribution in [3.05, 3.63) is 59.7 Å². The maximum absolute atomic E-state index is 12.1. The van der Waals surface area contributed by atoms with Crippen LogP contribution in [-0.4, -0.2) is 91.2 Å². The van der Waals surface area contributed by atoms with E-state index in [1.165, 1.54) is 0 Å². The third kappa shape index (κ3) is 14.3. The van der Waals surface area contributed by atoms with Crippen LogP contribution in [-0.2, 0) is 14.2 Å². The van der Waals surface area contributed by atoms with E-state index in [1.807, 2.05) is 121 Å². The van der Waals surface area contributed by atoms with Crippen molar-refractivity contribution in [2.75, 3.05) is 71.0 Å². The molecule has 0 radical (unpaired) electrons. The van der Waals surface area contributed by atoms with E-state index in [9.17, 15) is 9.59 Å². The Morgan fingerprint density at radius 1 is 0.675 bits per heavy atom. The first-order chi connectivity index (χ1) is 18.9. The van der Waals surface area contributed by atoms with E-state index in [4.69, 9.17) is 14.2 Å². The molecule has 2 amide bonds. The van der Waals surface area contributed by atoms with Gasteiger partial charge in [-0.25, -0.2) is 0 Å². The van der Waals surface area contributed by atoms with Gasteiger partial charge >= 0.3 is 0 Å². The smallest absolute Gasteiger partial charge is 0.251 e. The molecule has 9 heteroatoms. The van der Waals surface area contributed by atoms with Gasteiger partial charge in [-0.2, -0.15) is 0 Å². The second-order valence-corrected chi connectivity index (χ2v) is 10.3. The first-order valence-electron chi connectivity index (χ1n) is 13.9. The zero-order chi connectivity index (χ0) is 30.1. The fourth-order valence-corrected chi connectivity index (χ4v) is 3.42. The molecule has 2 N–H and O–H groups in total. The van der Waals surface area contributed by atoms with Crippen molar-refractivity contribution >= 4 is 23.2 Å². The molecule has 0 spiro atoms. The van der Waals surface area contributed by atoms with Gasteiger partial charge in [-0.05, 0) is 83.1 Å². The van der Waals surface area contributed by atoms with Crippen LogP contribution in [0.25, 0.3) is 0 Å². The van der Waals surface area contributed by atoms with E-state index in [1.54, 1.807) is 0 Å². The van der Waals surface area contributed by atoms with Gasteiger partial charge in [-0.3, -0.25) is 9.59 Å². The van der Waals surface area contributed by atoms with Crippen molar-refractivity contribution in [1.29, 1.82) is 0 Å². The van der Waals surface area contributed by atoms with Gasteiger partial charge in [-0.1, -0.05) is 0 Å². The van der Waals surface area contributed by atoms with E-state index in [-0.39, 0.29) is 30.0 Å². The molecule has 2 aromatic carbocycles. The third-order valence-corrected chi connectivity index (χ3v) is 5.67. The minimum Gasteiger partial charge on any atom is -0.380 e. The monoisotopic (exact) mass is 558 g/mol. The van der Waals surface area contributed by atoms with E-state index in [0.717, 1.165) is 11.4 Å². The molecule has 0 aliphatic heterocycles. The molecule has 40 heavy (non-hydrogen) atoms. The largest absolute Gasteiger partial charge is 0.380 e. The number of carbonyl (C=O) groups excluding carboxylic acids is 2. The van der Waals surface area contributed by atoms with Gasteiger partial charge in [0.25, 0.3) is 11.8 Å². The lowest BCUT2D eigenvalue weighted by Gasteiger charge is -2.16. The molecule has 0 bridgehead atoms. The normalized spacial score (nSPS) is 12.2. The number of benzene rings is 2. The van der Waals surface area contributed by atoms with Gasteiger partial charge in [0.05, 0.1) is 32.5 Å². The number of nitrogens with one attached hydrogen (secondary N) is 2. The highest BCUT2D eigenvalue weighted by molar-refractivity contribution is 5.95. The maximum atomic E-state index is 12.1. The molecule has 9 nitrogen and oxygen atoms in total. The number of hydrogen-bond donors (Lipinski definition) is 2. The topological polar surface area (TPSA) is 92.4 Å². The van der Waals surface area contributed by atoms with Crippen molar-refractivity contribution < 1.29 is 23.8 Å². The Morgan fingerprint density at radius 3 is 1.43 bits per heavy atom. The van der Waals surface area contributed by atoms with E-state index >= 15 is 0 Å². The molecule has 2 atom stereocenters. The predicted octanol–water partition coefficient (Wildman–Crippen LogP) is 4.22. The molecular weight excluding hydrogens is 508 g/mol. The molecule has 2 aromatic rings. The number of hydrogen-bond acceptors (Lipinski definition) is 7. The number of nitrogens with zero attached hydrogens (tertiary/aromatic N) is 2. The van der Waals surface area contributed by atoms with Crippen molar-refractivity contribution in [3.63, 3.8) is 0 Å². The first kappa shape index (κ1) is 34.9. The quantitative estimate of drug-likeness (QED) is 0.316. The van der Waals surface area contributed by atoms with Crippen LogP contribution < -0.4 is 20.4 Å². The van der Waals surface area contributed by atoms with Gasteiger partial charge in [0.2, 0.25) is 0 Å². The lowest BCUT2D eigenvalue weighted by Crippen LogP contribution is -2.36. The second kappa shape index (κ2) is 19.0. The summed E-state index contributed by atoms with van der Waals surface area (Å²) in [4.78, 5) is 28.0. The molecule has 0 aliphatic rings. The first-order valence-corrected chi connectivity index (χ1v) is 13.9. The Balaban J connectivity index is 0.000000408. The van der Waals surface area contributed by atoms with Crippen LogP contribution in [0, 0.1) is 0 Å². The van der Waals surface area contributed by atoms with Crippen LogP contribution in [0.5, 0.6) is 0 Å². The van der Waals surface area contributed by atoms with Crippen molar-refractivity contribution in [2.24, 2.45) is 0 Å². The summed E-state index contributed by atoms with van der Waals surface area (Å²) >= 11 is 0. The average Bonchev–Trinajstić information content (AvgIpc) is 2.91. The highest BCUT2D eigenvalue weighted by Crippen LogP contribution is 2.13. The molecule has 2 rings (SSSR count). The molecular formula is C31H50N4O5. The highest BCUT2D eigenvalue weighted by atomic mass is 16.5.